The monoisotopic (exact) mass is 283 g/mol. The van der Waals surface area contributed by atoms with Crippen molar-refractivity contribution in [3.05, 3.63) is 22.8 Å². The molecule has 0 amide bonds. The first-order valence-electron chi connectivity index (χ1n) is 5.84. The normalized spacial score (nSPS) is 25.4. The summed E-state index contributed by atoms with van der Waals surface area (Å²) >= 11 is 3.51. The second-order valence-corrected chi connectivity index (χ2v) is 5.17. The van der Waals surface area contributed by atoms with Gasteiger partial charge in [0.1, 0.15) is 5.82 Å². The fourth-order valence-electron chi connectivity index (χ4n) is 2.21. The molecule has 0 bridgehead atoms. The zero-order chi connectivity index (χ0) is 11.4. The van der Waals surface area contributed by atoms with Gasteiger partial charge in [-0.05, 0) is 60.8 Å². The summed E-state index contributed by atoms with van der Waals surface area (Å²) in [4.78, 5) is 4.34. The highest BCUT2D eigenvalue weighted by atomic mass is 79.9. The van der Waals surface area contributed by atoms with Gasteiger partial charge < -0.3 is 10.6 Å². The maximum atomic E-state index is 4.34. The number of hydrogen-bond donors (Lipinski definition) is 2. The fraction of sp³-hybridized carbons (Fsp3) is 0.583. The van der Waals surface area contributed by atoms with Crippen LogP contribution >= 0.6 is 15.9 Å². The van der Waals surface area contributed by atoms with E-state index in [1.54, 1.807) is 0 Å². The molecule has 0 radical (unpaired) electrons. The quantitative estimate of drug-likeness (QED) is 0.896. The molecule has 0 atom stereocenters. The Balaban J connectivity index is 1.89. The first kappa shape index (κ1) is 11.9. The summed E-state index contributed by atoms with van der Waals surface area (Å²) in [5.74, 6) is 0.968. The van der Waals surface area contributed by atoms with Gasteiger partial charge in [-0.15, -0.1) is 0 Å². The van der Waals surface area contributed by atoms with E-state index in [0.29, 0.717) is 12.1 Å². The van der Waals surface area contributed by atoms with Crippen LogP contribution in [0.2, 0.25) is 0 Å². The van der Waals surface area contributed by atoms with Crippen LogP contribution in [0.1, 0.15) is 25.7 Å². The second kappa shape index (κ2) is 5.64. The van der Waals surface area contributed by atoms with Crippen molar-refractivity contribution in [1.29, 1.82) is 0 Å². The lowest BCUT2D eigenvalue weighted by atomic mass is 9.91. The van der Waals surface area contributed by atoms with E-state index in [-0.39, 0.29) is 0 Å². The van der Waals surface area contributed by atoms with Gasteiger partial charge >= 0.3 is 0 Å². The molecule has 1 aromatic heterocycles. The van der Waals surface area contributed by atoms with Crippen molar-refractivity contribution < 1.29 is 0 Å². The van der Waals surface area contributed by atoms with Gasteiger partial charge in [0.25, 0.3) is 0 Å². The Hall–Kier alpha value is -0.610. The van der Waals surface area contributed by atoms with Crippen LogP contribution in [-0.4, -0.2) is 24.1 Å². The van der Waals surface area contributed by atoms with Gasteiger partial charge in [-0.2, -0.15) is 0 Å². The smallest absolute Gasteiger partial charge is 0.140 e. The zero-order valence-electron chi connectivity index (χ0n) is 9.54. The van der Waals surface area contributed by atoms with Gasteiger partial charge in [0.2, 0.25) is 0 Å². The zero-order valence-corrected chi connectivity index (χ0v) is 11.1. The highest BCUT2D eigenvalue weighted by Crippen LogP contribution is 2.25. The van der Waals surface area contributed by atoms with Crippen molar-refractivity contribution in [3.8, 4) is 0 Å². The molecule has 2 rings (SSSR count). The molecule has 3 nitrogen and oxygen atoms in total. The molecule has 2 N–H and O–H groups in total. The molecule has 88 valence electrons. The first-order chi connectivity index (χ1) is 7.79. The van der Waals surface area contributed by atoms with E-state index in [2.05, 4.69) is 31.5 Å². The van der Waals surface area contributed by atoms with E-state index in [0.717, 1.165) is 10.3 Å². The lowest BCUT2D eigenvalue weighted by Gasteiger charge is -2.29. The van der Waals surface area contributed by atoms with Crippen LogP contribution in [0.15, 0.2) is 22.8 Å². The number of nitrogens with one attached hydrogen (secondary N) is 2. The van der Waals surface area contributed by atoms with E-state index in [1.165, 1.54) is 25.7 Å². The number of aromatic nitrogens is 1. The van der Waals surface area contributed by atoms with Crippen LogP contribution in [0.4, 0.5) is 5.82 Å². The summed E-state index contributed by atoms with van der Waals surface area (Å²) in [6, 6.07) is 5.22. The molecule has 1 fully saturated rings. The Labute approximate surface area is 105 Å². The highest BCUT2D eigenvalue weighted by molar-refractivity contribution is 9.10. The molecule has 16 heavy (non-hydrogen) atoms. The van der Waals surface area contributed by atoms with Crippen molar-refractivity contribution in [3.63, 3.8) is 0 Å². The first-order valence-corrected chi connectivity index (χ1v) is 6.63. The minimum Gasteiger partial charge on any atom is -0.366 e. The molecule has 1 aromatic rings. The van der Waals surface area contributed by atoms with Crippen molar-refractivity contribution in [2.45, 2.75) is 37.8 Å². The molecule has 1 aliphatic rings. The van der Waals surface area contributed by atoms with Gasteiger partial charge in [-0.3, -0.25) is 0 Å². The van der Waals surface area contributed by atoms with Gasteiger partial charge in [0.05, 0.1) is 4.47 Å². The third-order valence-electron chi connectivity index (χ3n) is 3.23. The van der Waals surface area contributed by atoms with E-state index >= 15 is 0 Å². The summed E-state index contributed by atoms with van der Waals surface area (Å²) in [5.41, 5.74) is 0. The Morgan fingerprint density at radius 2 is 1.94 bits per heavy atom. The van der Waals surface area contributed by atoms with Crippen LogP contribution in [0.25, 0.3) is 0 Å². The largest absolute Gasteiger partial charge is 0.366 e. The predicted octanol–water partition coefficient (Wildman–Crippen LogP) is 2.79. The Morgan fingerprint density at radius 1 is 1.25 bits per heavy atom. The molecule has 0 saturated heterocycles. The third-order valence-corrected chi connectivity index (χ3v) is 3.87. The van der Waals surface area contributed by atoms with Gasteiger partial charge in [0.15, 0.2) is 0 Å². The predicted molar refractivity (Wildman–Crippen MR) is 70.7 cm³/mol. The fourth-order valence-corrected chi connectivity index (χ4v) is 2.58. The molecular formula is C12H18BrN3. The molecule has 1 heterocycles. The van der Waals surface area contributed by atoms with Crippen molar-refractivity contribution in [2.24, 2.45) is 0 Å². The Morgan fingerprint density at radius 3 is 2.56 bits per heavy atom. The third kappa shape index (κ3) is 2.95. The molecular weight excluding hydrogens is 266 g/mol. The van der Waals surface area contributed by atoms with Crippen LogP contribution in [0, 0.1) is 0 Å². The lowest BCUT2D eigenvalue weighted by molar-refractivity contribution is 0.371. The lowest BCUT2D eigenvalue weighted by Crippen LogP contribution is -2.35. The number of pyridine rings is 1. The highest BCUT2D eigenvalue weighted by Gasteiger charge is 2.20. The maximum Gasteiger partial charge on any atom is 0.140 e. The number of nitrogens with zero attached hydrogens (tertiary/aromatic N) is 1. The Kier molecular flexibility index (Phi) is 4.18. The van der Waals surface area contributed by atoms with Crippen LogP contribution in [0.5, 0.6) is 0 Å². The average molecular weight is 284 g/mol. The maximum absolute atomic E-state index is 4.34. The minimum absolute atomic E-state index is 0.566. The summed E-state index contributed by atoms with van der Waals surface area (Å²) < 4.78 is 1.05. The molecule has 0 spiro atoms. The summed E-state index contributed by atoms with van der Waals surface area (Å²) in [5, 5.41) is 6.86. The molecule has 1 aliphatic carbocycles. The minimum atomic E-state index is 0.566. The number of anilines is 1. The molecule has 1 saturated carbocycles. The van der Waals surface area contributed by atoms with Gasteiger partial charge in [-0.1, -0.05) is 0 Å². The van der Waals surface area contributed by atoms with Crippen molar-refractivity contribution in [2.75, 3.05) is 12.4 Å². The van der Waals surface area contributed by atoms with Gasteiger partial charge in [-0.25, -0.2) is 4.98 Å². The van der Waals surface area contributed by atoms with Crippen LogP contribution < -0.4 is 10.6 Å². The topological polar surface area (TPSA) is 37.0 Å². The van der Waals surface area contributed by atoms with Crippen molar-refractivity contribution in [1.82, 2.24) is 10.3 Å². The van der Waals surface area contributed by atoms with E-state index < -0.39 is 0 Å². The number of rotatable bonds is 3. The SMILES string of the molecule is CNC1CCC(Nc2ncccc2Br)CC1. The van der Waals surface area contributed by atoms with E-state index in [4.69, 9.17) is 0 Å². The standard InChI is InChI=1S/C12H18BrN3/c1-14-9-4-6-10(7-5-9)16-12-11(13)3-2-8-15-12/h2-3,8-10,14H,4-7H2,1H3,(H,15,16). The summed E-state index contributed by atoms with van der Waals surface area (Å²) in [7, 11) is 2.05. The van der Waals surface area contributed by atoms with Crippen molar-refractivity contribution >= 4 is 21.7 Å². The summed E-state index contributed by atoms with van der Waals surface area (Å²) in [6.45, 7) is 0. The number of halogens is 1. The summed E-state index contributed by atoms with van der Waals surface area (Å²) in [6.07, 6.45) is 6.76. The van der Waals surface area contributed by atoms with Crippen LogP contribution in [-0.2, 0) is 0 Å². The molecule has 0 aromatic carbocycles. The Bertz CT molecular complexity index is 335. The molecule has 0 aliphatic heterocycles. The number of hydrogen-bond acceptors (Lipinski definition) is 3. The second-order valence-electron chi connectivity index (χ2n) is 4.32. The molecule has 4 heteroatoms. The van der Waals surface area contributed by atoms with E-state index in [1.807, 2.05) is 25.4 Å². The molecule has 0 unspecified atom stereocenters. The average Bonchev–Trinajstić information content (AvgIpc) is 2.33. The van der Waals surface area contributed by atoms with E-state index in [9.17, 15) is 0 Å². The van der Waals surface area contributed by atoms with Gasteiger partial charge in [0, 0.05) is 18.3 Å². The van der Waals surface area contributed by atoms with Crippen LogP contribution in [0.3, 0.4) is 0 Å².